The zero-order chi connectivity index (χ0) is 91.9. The lowest BCUT2D eigenvalue weighted by Crippen LogP contribution is -2.61. The first-order valence-electron chi connectivity index (χ1n) is 38.7. The third kappa shape index (κ3) is 36.9. The average Bonchev–Trinajstić information content (AvgIpc) is 0.810. The highest BCUT2D eigenvalue weighted by atomic mass is 19.2. The predicted octanol–water partition coefficient (Wildman–Crippen LogP) is 0.133. The zero-order valence-electron chi connectivity index (χ0n) is 70.2. The Labute approximate surface area is 725 Å². The molecule has 3 fully saturated rings. The number of aliphatic carboxylic acids is 4. The molecule has 0 aliphatic carbocycles. The molecule has 0 aromatic heterocycles. The highest BCUT2D eigenvalue weighted by Crippen LogP contribution is 2.36. The molecule has 15 atom stereocenters. The van der Waals surface area contributed by atoms with Crippen LogP contribution in [0.2, 0.25) is 0 Å². The fourth-order valence-corrected chi connectivity index (χ4v) is 11.0. The van der Waals surface area contributed by atoms with Crippen molar-refractivity contribution in [2.24, 2.45) is 5.73 Å². The van der Waals surface area contributed by atoms with Crippen LogP contribution in [0, 0.1) is 51.4 Å². The number of benzene rings is 4. The Morgan fingerprint density at radius 3 is 0.913 bits per heavy atom. The van der Waals surface area contributed by atoms with Gasteiger partial charge >= 0.3 is 29.8 Å². The van der Waals surface area contributed by atoms with E-state index in [1.807, 2.05) is 20.8 Å². The number of esters is 1. The summed E-state index contributed by atoms with van der Waals surface area (Å²) in [5.41, 5.74) is 8.51. The number of carboxylic acids is 4. The topological polar surface area (TPSA) is 640 Å². The van der Waals surface area contributed by atoms with Crippen molar-refractivity contribution in [3.8, 4) is 23.0 Å². The lowest BCUT2D eigenvalue weighted by Gasteiger charge is -2.38. The average molecular weight is 1830 g/mol. The number of aliphatic hydroxyl groups is 9. The predicted molar refractivity (Wildman–Crippen MR) is 429 cm³/mol. The molecule has 20 N–H and O–H groups in total. The highest BCUT2D eigenvalue weighted by molar-refractivity contribution is 5.94. The summed E-state index contributed by atoms with van der Waals surface area (Å²) in [4.78, 5) is 117. The Morgan fingerprint density at radius 2 is 0.630 bits per heavy atom. The molecule has 0 spiro atoms. The Kier molecular flexibility index (Phi) is 51.9. The lowest BCUT2D eigenvalue weighted by molar-refractivity contribution is -0.271. The summed E-state index contributed by atoms with van der Waals surface area (Å²) < 4.78 is 134. The molecule has 3 heterocycles. The quantitative estimate of drug-likeness (QED) is 0.00532. The number of amides is 5. The standard InChI is InChI=1S/C33H39F5N2O14.C27H40N2O14.C17H24N2O8.3CH3/c1-2-16-3-4-18(52-33-29(46)27(44)28(45)31(54-33)32(47)48)17(15-16)40-20(42)5-8-39-19(41)6-9-49-11-13-51-14-12-50-10-7-21(43)53-30-25(37)23(35)22(34)24(36)26(30)38;1-2-16-3-4-18(42-27-24(36)22(34)23(35)25(43-27)26(37)38)17(15-16)29-20(31)5-8-28-19(30)6-9-39-11-13-41-14-12-40-10-7-21(32)33;1-2-8-3-4-10(9(7-8)19-11(20)5-6-18)26-17-14(23)12(21)13(22)15(27-17)16(24)25;;;/h3-4,15,27-29,31,33,44-46H,2,5-14H2,1H3,(H,39,41)(H,40,42)(H,47,48);3-4,15,22-25,27,34-36H,2,5-14H2,1H3,(H,28,30)(H,29,31)(H,32,33)(H,37,38);3-4,7,12-15,17,21-23H,2,5-6,18H2,1H3,(H,19,20)(H,24,25);3*1H3/q;;;3*-1/t27-,28-,29+,31-,33+;22-,23-,24+,25-,27+;12-,13-,14+,15-,17+;;;/m000.../s1. The molecular weight excluding hydrogens is 1720 g/mol. The first-order valence-corrected chi connectivity index (χ1v) is 38.7. The SMILES string of the molecule is CCc1ccc(O[C@@H]2O[C@H](C(=O)O)[C@@H](O)[C@H](O)[C@H]2O)c(NC(=O)CCN)c1.CCc1ccc(O[C@@H]2O[C@H](C(=O)O)[C@@H](O)[C@H](O)[C@H]2O)c(NC(=O)CCNC(=O)CCOCCOCCOCCC(=O)O)c1.CCc1ccc(O[C@@H]2O[C@H](C(=O)O)[C@@H](O)[C@H](O)[C@H]2O)c(NC(=O)CCNC(=O)CCOCCOCCOCCC(=O)Oc2c(F)c(F)c(F)c(F)c2F)c1.[CH3-].[CH3-].[CH3-]. The zero-order valence-corrected chi connectivity index (χ0v) is 70.2. The number of halogens is 5. The van der Waals surface area contributed by atoms with Crippen molar-refractivity contribution >= 4 is 76.4 Å². The molecule has 47 heteroatoms. The Hall–Kier alpha value is -10.1. The van der Waals surface area contributed by atoms with Crippen LogP contribution in [0.3, 0.4) is 0 Å². The minimum atomic E-state index is -2.39. The van der Waals surface area contributed by atoms with Crippen molar-refractivity contribution in [3.63, 3.8) is 0 Å². The van der Waals surface area contributed by atoms with E-state index in [1.165, 1.54) is 18.2 Å². The summed E-state index contributed by atoms with van der Waals surface area (Å²) in [6, 6.07) is 14.4. The summed E-state index contributed by atoms with van der Waals surface area (Å²) in [6.45, 7) is 7.12. The molecule has 5 amide bonds. The maximum Gasteiger partial charge on any atom is 0.335 e. The molecule has 0 unspecified atom stereocenters. The Bertz CT molecular complexity index is 4120. The number of aliphatic hydroxyl groups excluding tert-OH is 9. The second-order valence-electron chi connectivity index (χ2n) is 26.9. The molecule has 4 aromatic carbocycles. The van der Waals surface area contributed by atoms with E-state index >= 15 is 0 Å². The van der Waals surface area contributed by atoms with Crippen molar-refractivity contribution in [2.75, 3.05) is 115 Å². The molecule has 3 aliphatic heterocycles. The van der Waals surface area contributed by atoms with Crippen LogP contribution in [0.1, 0.15) is 82.4 Å². The molecule has 0 radical (unpaired) electrons. The molecule has 7 rings (SSSR count). The van der Waals surface area contributed by atoms with Gasteiger partial charge in [0.2, 0.25) is 83.2 Å². The van der Waals surface area contributed by atoms with Crippen LogP contribution in [0.25, 0.3) is 0 Å². The normalized spacial score (nSPS) is 21.6. The molecule has 0 saturated carbocycles. The number of aryl methyl sites for hydroxylation is 3. The smallest absolute Gasteiger partial charge is 0.335 e. The number of nitrogens with one attached hydrogen (secondary N) is 5. The molecule has 127 heavy (non-hydrogen) atoms. The second-order valence-corrected chi connectivity index (χ2v) is 26.9. The van der Waals surface area contributed by atoms with E-state index < -0.39 is 181 Å². The van der Waals surface area contributed by atoms with Crippen LogP contribution < -0.4 is 51.3 Å². The number of carbonyl (C=O) groups excluding carboxylic acids is 6. The minimum absolute atomic E-state index is 0. The highest BCUT2D eigenvalue weighted by Gasteiger charge is 2.51. The molecule has 3 aliphatic rings. The lowest BCUT2D eigenvalue weighted by atomic mass is 9.99. The summed E-state index contributed by atoms with van der Waals surface area (Å²) in [5, 5.41) is 139. The van der Waals surface area contributed by atoms with Crippen molar-refractivity contribution in [3.05, 3.63) is 123 Å². The largest absolute Gasteiger partial charge is 0.481 e. The van der Waals surface area contributed by atoms with Crippen molar-refractivity contribution < 1.29 is 198 Å². The van der Waals surface area contributed by atoms with Gasteiger partial charge in [-0.1, -0.05) is 39.0 Å². The van der Waals surface area contributed by atoms with Crippen molar-refractivity contribution in [2.45, 2.75) is 177 Å². The van der Waals surface area contributed by atoms with Gasteiger partial charge in [-0.2, -0.15) is 8.78 Å². The number of anilines is 3. The van der Waals surface area contributed by atoms with E-state index in [0.29, 0.717) is 19.3 Å². The molecule has 4 aromatic rings. The van der Waals surface area contributed by atoms with E-state index in [4.69, 9.17) is 72.8 Å². The van der Waals surface area contributed by atoms with Crippen LogP contribution in [0.5, 0.6) is 23.0 Å². The maximum absolute atomic E-state index is 13.6. The van der Waals surface area contributed by atoms with Gasteiger partial charge in [0.1, 0.15) is 72.2 Å². The van der Waals surface area contributed by atoms with Crippen LogP contribution in [-0.2, 0) is 110 Å². The van der Waals surface area contributed by atoms with E-state index in [-0.39, 0.29) is 206 Å². The van der Waals surface area contributed by atoms with E-state index in [1.54, 1.807) is 36.4 Å². The number of carbonyl (C=O) groups is 10. The van der Waals surface area contributed by atoms with Gasteiger partial charge in [0.15, 0.2) is 18.3 Å². The number of hydrogen-bond donors (Lipinski definition) is 19. The van der Waals surface area contributed by atoms with Gasteiger partial charge in [0, 0.05) is 51.7 Å². The van der Waals surface area contributed by atoms with Crippen molar-refractivity contribution in [1.29, 1.82) is 0 Å². The van der Waals surface area contributed by atoms with Crippen LogP contribution in [-0.4, -0.2) is 317 Å². The molecule has 3 saturated heterocycles. The number of ether oxygens (including phenoxy) is 13. The third-order valence-corrected chi connectivity index (χ3v) is 17.8. The fourth-order valence-electron chi connectivity index (χ4n) is 11.0. The maximum atomic E-state index is 13.6. The first kappa shape index (κ1) is 113. The first-order chi connectivity index (χ1) is 59.0. The summed E-state index contributed by atoms with van der Waals surface area (Å²) in [7, 11) is 0. The fraction of sp³-hybridized carbons (Fsp3) is 0.537. The molecule has 42 nitrogen and oxygen atoms in total. The van der Waals surface area contributed by atoms with Crippen molar-refractivity contribution in [1.82, 2.24) is 10.6 Å². The van der Waals surface area contributed by atoms with Gasteiger partial charge in [0.25, 0.3) is 0 Å². The van der Waals surface area contributed by atoms with Crippen LogP contribution in [0.4, 0.5) is 39.0 Å². The van der Waals surface area contributed by atoms with Gasteiger partial charge in [-0.25, -0.2) is 27.6 Å². The number of carboxylic acid groups (broad SMARTS) is 4. The number of nitrogens with two attached hydrogens (primary N) is 1. The Balaban J connectivity index is 0.000000670. The van der Waals surface area contributed by atoms with Gasteiger partial charge in [-0.05, 0) is 72.4 Å². The van der Waals surface area contributed by atoms with E-state index in [2.05, 4.69) is 31.3 Å². The van der Waals surface area contributed by atoms with Gasteiger partial charge < -0.3 is 183 Å². The van der Waals surface area contributed by atoms with Crippen LogP contribution >= 0.6 is 0 Å². The molecule has 0 bridgehead atoms. The molecular formula is C80H112F5N6O36-3. The Morgan fingerprint density at radius 1 is 0.354 bits per heavy atom. The van der Waals surface area contributed by atoms with E-state index in [9.17, 15) is 126 Å². The third-order valence-electron chi connectivity index (χ3n) is 17.8. The summed E-state index contributed by atoms with van der Waals surface area (Å²) in [6.07, 6.45) is -25.7. The summed E-state index contributed by atoms with van der Waals surface area (Å²) in [5.74, 6) is -22.0. The van der Waals surface area contributed by atoms with Gasteiger partial charge in [0.05, 0.1) is 109 Å². The van der Waals surface area contributed by atoms with Crippen LogP contribution in [0.15, 0.2) is 54.6 Å². The van der Waals surface area contributed by atoms with E-state index in [0.717, 1.165) is 16.7 Å². The van der Waals surface area contributed by atoms with Gasteiger partial charge in [-0.3, -0.25) is 33.6 Å². The number of rotatable bonds is 48. The second kappa shape index (κ2) is 58.4. The monoisotopic (exact) mass is 1830 g/mol. The molecule has 716 valence electrons. The van der Waals surface area contributed by atoms with Gasteiger partial charge in [-0.15, -0.1) is 0 Å². The minimum Gasteiger partial charge on any atom is -0.481 e. The number of hydrogen-bond acceptors (Lipinski definition) is 33. The summed E-state index contributed by atoms with van der Waals surface area (Å²) >= 11 is 0.